The molecule has 0 aliphatic heterocycles. The molecule has 4 aromatic heterocycles. The van der Waals surface area contributed by atoms with Crippen LogP contribution in [0.3, 0.4) is 0 Å². The lowest BCUT2D eigenvalue weighted by Gasteiger charge is -2.01. The summed E-state index contributed by atoms with van der Waals surface area (Å²) in [5, 5.41) is 0.0878. The van der Waals surface area contributed by atoms with Crippen molar-refractivity contribution in [3.05, 3.63) is 105 Å². The van der Waals surface area contributed by atoms with Gasteiger partial charge in [0.15, 0.2) is 0 Å². The number of alkyl halides is 1. The summed E-state index contributed by atoms with van der Waals surface area (Å²) < 4.78 is 41.5. The second-order valence-corrected chi connectivity index (χ2v) is 7.77. The predicted octanol–water partition coefficient (Wildman–Crippen LogP) is 4.12. The van der Waals surface area contributed by atoms with E-state index in [2.05, 4.69) is 24.9 Å². The Morgan fingerprint density at radius 1 is 0.811 bits per heavy atom. The highest BCUT2D eigenvalue weighted by Crippen LogP contribution is 2.16. The van der Waals surface area contributed by atoms with Gasteiger partial charge in [-0.2, -0.15) is 9.97 Å². The van der Waals surface area contributed by atoms with E-state index in [0.717, 1.165) is 15.6 Å². The fraction of sp³-hybridized carbons (Fsp3) is 0.0833. The zero-order chi connectivity index (χ0) is 29.7. The van der Waals surface area contributed by atoms with Crippen molar-refractivity contribution < 1.29 is 9.87 Å². The van der Waals surface area contributed by atoms with Crippen LogP contribution in [0.15, 0.2) is 82.6 Å². The molecular formula is C24H19Cl2FN8O2. The van der Waals surface area contributed by atoms with E-state index in [0.29, 0.717) is 16.9 Å². The molecule has 4 heterocycles. The molecule has 0 saturated heterocycles. The summed E-state index contributed by atoms with van der Waals surface area (Å²) >= 11 is 11.5. The van der Waals surface area contributed by atoms with Crippen LogP contribution in [0.1, 0.15) is 5.48 Å². The number of H-pyrrole nitrogens is 1. The molecule has 0 radical (unpaired) electrons. The topological polar surface area (TPSA) is 116 Å². The minimum Gasteiger partial charge on any atom is -0.305 e. The number of aromatic nitrogens is 8. The maximum atomic E-state index is 12.5. The van der Waals surface area contributed by atoms with Gasteiger partial charge in [0.05, 0.1) is 30.6 Å². The third-order valence-corrected chi connectivity index (χ3v) is 5.38. The second-order valence-electron chi connectivity index (χ2n) is 7.09. The zero-order valence-corrected chi connectivity index (χ0v) is 20.2. The van der Waals surface area contributed by atoms with Crippen LogP contribution in [0.25, 0.3) is 33.7 Å². The number of aryl methyl sites for hydroxylation is 1. The van der Waals surface area contributed by atoms with Crippen molar-refractivity contribution in [3.63, 3.8) is 0 Å². The molecule has 0 atom stereocenters. The van der Waals surface area contributed by atoms with Gasteiger partial charge in [-0.25, -0.2) is 28.7 Å². The molecule has 0 aliphatic rings. The van der Waals surface area contributed by atoms with Crippen LogP contribution in [-0.4, -0.2) is 45.8 Å². The Kier molecular flexibility index (Phi) is 6.27. The first-order valence-corrected chi connectivity index (χ1v) is 11.1. The molecule has 188 valence electrons. The molecule has 37 heavy (non-hydrogen) atoms. The van der Waals surface area contributed by atoms with Gasteiger partial charge in [-0.3, -0.25) is 8.96 Å². The van der Waals surface area contributed by atoms with Gasteiger partial charge in [0.2, 0.25) is 10.6 Å². The molecule has 2 aromatic carbocycles. The van der Waals surface area contributed by atoms with Crippen LogP contribution in [0.4, 0.5) is 4.39 Å². The molecule has 10 nitrogen and oxygen atoms in total. The molecular weight excluding hydrogens is 522 g/mol. The van der Waals surface area contributed by atoms with Crippen LogP contribution in [-0.2, 0) is 6.98 Å². The highest BCUT2D eigenvalue weighted by molar-refractivity contribution is 6.28. The summed E-state index contributed by atoms with van der Waals surface area (Å²) in [6.45, 7) is -2.58. The first kappa shape index (κ1) is 20.8. The van der Waals surface area contributed by atoms with Crippen molar-refractivity contribution in [3.8, 4) is 11.6 Å². The Bertz CT molecular complexity index is 1940. The summed E-state index contributed by atoms with van der Waals surface area (Å²) in [5.41, 5.74) is 1.30. The van der Waals surface area contributed by atoms with E-state index in [4.69, 9.17) is 28.7 Å². The number of halogens is 3. The Balaban J connectivity index is 0.000000175. The average Bonchev–Trinajstić information content (AvgIpc) is 3.42. The second kappa shape index (κ2) is 11.1. The maximum absolute atomic E-state index is 12.5. The third kappa shape index (κ3) is 5.13. The standard InChI is InChI=1S/C12H9ClN4O.C11H7ClN4O.CH3F/c1-16-8-4-2-3-5-9(8)17(12(16)18)10-6-7-14-11(13)15-10;12-10-13-6-5-9(15-10)16-8-4-2-1-3-7(8)14-11(16)17;1-2/h2-7H,1H3;1-6H,(H,14,17);1H3/i1D3;;1D. The van der Waals surface area contributed by atoms with Crippen molar-refractivity contribution in [2.75, 3.05) is 7.15 Å². The number of para-hydroxylation sites is 4. The van der Waals surface area contributed by atoms with Crippen molar-refractivity contribution in [2.24, 2.45) is 6.98 Å². The van der Waals surface area contributed by atoms with Crippen molar-refractivity contribution in [1.29, 1.82) is 0 Å². The van der Waals surface area contributed by atoms with Crippen LogP contribution < -0.4 is 11.4 Å². The molecule has 1 N–H and O–H groups in total. The molecule has 0 spiro atoms. The molecule has 6 rings (SSSR count). The molecule has 13 heteroatoms. The van der Waals surface area contributed by atoms with Crippen LogP contribution >= 0.6 is 23.2 Å². The van der Waals surface area contributed by atoms with E-state index >= 15 is 0 Å². The first-order chi connectivity index (χ1) is 19.6. The van der Waals surface area contributed by atoms with E-state index in [1.807, 2.05) is 24.3 Å². The van der Waals surface area contributed by atoms with Gasteiger partial charge in [-0.1, -0.05) is 24.3 Å². The number of aromatic amines is 1. The number of imidazole rings is 2. The Labute approximate surface area is 224 Å². The van der Waals surface area contributed by atoms with Crippen LogP contribution in [0.2, 0.25) is 10.6 Å². The normalized spacial score (nSPS) is 12.4. The molecule has 0 saturated carbocycles. The molecule has 0 aliphatic carbocycles. The van der Waals surface area contributed by atoms with Gasteiger partial charge in [0.1, 0.15) is 11.6 Å². The van der Waals surface area contributed by atoms with Crippen LogP contribution in [0, 0.1) is 0 Å². The molecule has 0 fully saturated rings. The number of fused-ring (bicyclic) bond motifs is 2. The average molecular weight is 545 g/mol. The largest absolute Gasteiger partial charge is 0.334 e. The van der Waals surface area contributed by atoms with Gasteiger partial charge in [-0.15, -0.1) is 0 Å². The summed E-state index contributed by atoms with van der Waals surface area (Å²) in [6.07, 6.45) is 2.91. The quantitative estimate of drug-likeness (QED) is 0.328. The van der Waals surface area contributed by atoms with E-state index in [1.165, 1.54) is 27.6 Å². The number of benzene rings is 2. The molecule has 0 bridgehead atoms. The lowest BCUT2D eigenvalue weighted by molar-refractivity contribution is 0.636. The zero-order valence-electron chi connectivity index (χ0n) is 22.7. The number of hydrogen-bond donors (Lipinski definition) is 1. The Hall–Kier alpha value is -4.35. The molecule has 0 unspecified atom stereocenters. The summed E-state index contributed by atoms with van der Waals surface area (Å²) in [6, 6.07) is 17.1. The summed E-state index contributed by atoms with van der Waals surface area (Å²) in [5.74, 6) is 0.673. The summed E-state index contributed by atoms with van der Waals surface area (Å²) in [4.78, 5) is 42.6. The van der Waals surface area contributed by atoms with E-state index < -0.39 is 19.8 Å². The lowest BCUT2D eigenvalue weighted by Crippen LogP contribution is -2.21. The number of rotatable bonds is 2. The summed E-state index contributed by atoms with van der Waals surface area (Å²) in [7, 11) is -1.00. The highest BCUT2D eigenvalue weighted by atomic mass is 35.5. The van der Waals surface area contributed by atoms with Crippen molar-refractivity contribution in [1.82, 2.24) is 38.6 Å². The lowest BCUT2D eigenvalue weighted by atomic mass is 10.3. The van der Waals surface area contributed by atoms with Crippen molar-refractivity contribution in [2.45, 2.75) is 0 Å². The highest BCUT2D eigenvalue weighted by Gasteiger charge is 2.13. The minimum atomic E-state index is -2.58. The number of nitrogens with one attached hydrogen (secondary N) is 1. The van der Waals surface area contributed by atoms with Crippen molar-refractivity contribution >= 4 is 45.3 Å². The van der Waals surface area contributed by atoms with Gasteiger partial charge < -0.3 is 4.98 Å². The Morgan fingerprint density at radius 3 is 1.95 bits per heavy atom. The maximum Gasteiger partial charge on any atom is 0.334 e. The SMILES string of the molecule is O=c1[nH]c2ccccc2n1-c1ccnc(Cl)n1.[2H]C([2H])([2H])n1c(=O)n(-c2ccnc(Cl)n2)c2ccccc21.[2H]CF. The van der Waals surface area contributed by atoms with Gasteiger partial charge >= 0.3 is 11.4 Å². The van der Waals surface area contributed by atoms with E-state index in [1.54, 1.807) is 30.3 Å². The van der Waals surface area contributed by atoms with Gasteiger partial charge in [0, 0.05) is 35.6 Å². The molecule has 0 amide bonds. The number of hydrogen-bond acceptors (Lipinski definition) is 6. The van der Waals surface area contributed by atoms with E-state index in [-0.39, 0.29) is 22.1 Å². The van der Waals surface area contributed by atoms with Gasteiger partial charge in [-0.05, 0) is 47.5 Å². The predicted molar refractivity (Wildman–Crippen MR) is 141 cm³/mol. The smallest absolute Gasteiger partial charge is 0.305 e. The number of nitrogens with zero attached hydrogens (tertiary/aromatic N) is 7. The van der Waals surface area contributed by atoms with E-state index in [9.17, 15) is 14.0 Å². The Morgan fingerprint density at radius 2 is 1.35 bits per heavy atom. The fourth-order valence-corrected chi connectivity index (χ4v) is 3.84. The minimum absolute atomic E-state index is 0.0230. The molecule has 6 aromatic rings. The first-order valence-electron chi connectivity index (χ1n) is 12.5. The monoisotopic (exact) mass is 544 g/mol. The third-order valence-electron chi connectivity index (χ3n) is 5.02. The van der Waals surface area contributed by atoms with Gasteiger partial charge in [0.25, 0.3) is 0 Å². The fourth-order valence-electron chi connectivity index (χ4n) is 3.55. The van der Waals surface area contributed by atoms with Crippen LogP contribution in [0.5, 0.6) is 0 Å².